The smallest absolute Gasteiger partial charge is 0.262 e. The number of fused-ring (bicyclic) bond motifs is 2. The van der Waals surface area contributed by atoms with Crippen molar-refractivity contribution in [2.75, 3.05) is 19.9 Å². The Morgan fingerprint density at radius 1 is 1.11 bits per heavy atom. The third-order valence-electron chi connectivity index (χ3n) is 4.80. The summed E-state index contributed by atoms with van der Waals surface area (Å²) in [5.74, 6) is -0.434. The molecule has 0 fully saturated rings. The van der Waals surface area contributed by atoms with Gasteiger partial charge in [0.2, 0.25) is 12.7 Å². The van der Waals surface area contributed by atoms with Crippen LogP contribution in [0.1, 0.15) is 33.2 Å². The van der Waals surface area contributed by atoms with Gasteiger partial charge >= 0.3 is 0 Å². The Kier molecular flexibility index (Phi) is 4.27. The van der Waals surface area contributed by atoms with Crippen LogP contribution in [0, 0.1) is 0 Å². The maximum absolute atomic E-state index is 12.3. The number of hydrogen-bond donors (Lipinski definition) is 2. The molecule has 3 amide bonds. The predicted molar refractivity (Wildman–Crippen MR) is 97.0 cm³/mol. The fourth-order valence-electron chi connectivity index (χ4n) is 3.19. The molecule has 0 saturated heterocycles. The topological polar surface area (TPSA) is 105 Å². The Bertz CT molecular complexity index is 949. The largest absolute Gasteiger partial charge is 0.454 e. The average Bonchev–Trinajstić information content (AvgIpc) is 3.25. The van der Waals surface area contributed by atoms with Gasteiger partial charge in [-0.15, -0.1) is 0 Å². The van der Waals surface area contributed by atoms with Crippen molar-refractivity contribution in [2.24, 2.45) is 0 Å². The normalized spacial score (nSPS) is 16.7. The molecule has 0 spiro atoms. The third-order valence-corrected chi connectivity index (χ3v) is 4.80. The van der Waals surface area contributed by atoms with Gasteiger partial charge in [0.1, 0.15) is 12.1 Å². The lowest BCUT2D eigenvalue weighted by Gasteiger charge is -2.25. The average molecular weight is 382 g/mol. The molecule has 1 atom stereocenters. The number of amides is 3. The maximum atomic E-state index is 12.3. The number of aliphatic hydroxyl groups is 1. The molecule has 2 aliphatic rings. The van der Waals surface area contributed by atoms with Crippen LogP contribution in [0.2, 0.25) is 0 Å². The van der Waals surface area contributed by atoms with Gasteiger partial charge in [0.15, 0.2) is 11.5 Å². The number of rotatable bonds is 5. The number of hydrogen-bond acceptors (Lipinski definition) is 6. The highest BCUT2D eigenvalue weighted by atomic mass is 16.7. The molecule has 0 radical (unpaired) electrons. The summed E-state index contributed by atoms with van der Waals surface area (Å²) >= 11 is 0. The zero-order chi connectivity index (χ0) is 19.9. The van der Waals surface area contributed by atoms with Crippen molar-refractivity contribution < 1.29 is 29.0 Å². The summed E-state index contributed by atoms with van der Waals surface area (Å²) in [7, 11) is 0. The van der Waals surface area contributed by atoms with Crippen molar-refractivity contribution >= 4 is 17.7 Å². The minimum Gasteiger partial charge on any atom is -0.454 e. The van der Waals surface area contributed by atoms with Crippen molar-refractivity contribution in [1.29, 1.82) is 0 Å². The van der Waals surface area contributed by atoms with Gasteiger partial charge in [-0.2, -0.15) is 0 Å². The predicted octanol–water partition coefficient (Wildman–Crippen LogP) is 1.04. The first kappa shape index (κ1) is 18.0. The van der Waals surface area contributed by atoms with Gasteiger partial charge in [0, 0.05) is 0 Å². The number of imide groups is 1. The lowest BCUT2D eigenvalue weighted by atomic mass is 9.95. The van der Waals surface area contributed by atoms with Crippen molar-refractivity contribution in [3.8, 4) is 11.5 Å². The third kappa shape index (κ3) is 3.07. The summed E-state index contributed by atoms with van der Waals surface area (Å²) < 4.78 is 10.5. The van der Waals surface area contributed by atoms with Crippen molar-refractivity contribution in [1.82, 2.24) is 10.2 Å². The van der Waals surface area contributed by atoms with Crippen LogP contribution < -0.4 is 14.8 Å². The second-order valence-electron chi connectivity index (χ2n) is 6.86. The van der Waals surface area contributed by atoms with Crippen LogP contribution in [-0.2, 0) is 10.4 Å². The zero-order valence-corrected chi connectivity index (χ0v) is 15.1. The Morgan fingerprint density at radius 2 is 1.75 bits per heavy atom. The van der Waals surface area contributed by atoms with E-state index in [1.165, 1.54) is 0 Å². The molecule has 0 bridgehead atoms. The summed E-state index contributed by atoms with van der Waals surface area (Å²) in [4.78, 5) is 37.8. The molecule has 2 aromatic rings. The summed E-state index contributed by atoms with van der Waals surface area (Å²) in [6.45, 7) is 1.16. The van der Waals surface area contributed by atoms with E-state index in [0.717, 1.165) is 4.90 Å². The van der Waals surface area contributed by atoms with Crippen LogP contribution in [0.3, 0.4) is 0 Å². The Balaban J connectivity index is 1.39. The van der Waals surface area contributed by atoms with E-state index >= 15 is 0 Å². The Labute approximate surface area is 160 Å². The minimum absolute atomic E-state index is 0.103. The first-order valence-electron chi connectivity index (χ1n) is 8.71. The van der Waals surface area contributed by atoms with Crippen LogP contribution in [0.5, 0.6) is 11.5 Å². The first-order chi connectivity index (χ1) is 13.4. The van der Waals surface area contributed by atoms with Gasteiger partial charge < -0.3 is 19.9 Å². The van der Waals surface area contributed by atoms with Gasteiger partial charge in [-0.1, -0.05) is 18.2 Å². The monoisotopic (exact) mass is 382 g/mol. The molecule has 1 unspecified atom stereocenters. The molecule has 144 valence electrons. The highest BCUT2D eigenvalue weighted by Crippen LogP contribution is 2.35. The summed E-state index contributed by atoms with van der Waals surface area (Å²) in [5, 5.41) is 13.3. The highest BCUT2D eigenvalue weighted by molar-refractivity contribution is 6.22. The Morgan fingerprint density at radius 3 is 2.43 bits per heavy atom. The number of nitrogens with zero attached hydrogens (tertiary/aromatic N) is 1. The molecule has 2 aromatic carbocycles. The summed E-state index contributed by atoms with van der Waals surface area (Å²) in [5.41, 5.74) is -0.267. The van der Waals surface area contributed by atoms with Crippen LogP contribution in [0.25, 0.3) is 0 Å². The van der Waals surface area contributed by atoms with Gasteiger partial charge in [-0.25, -0.2) is 0 Å². The molecule has 8 heteroatoms. The number of nitrogens with one attached hydrogen (secondary N) is 1. The fourth-order valence-corrected chi connectivity index (χ4v) is 3.19. The molecule has 0 saturated carbocycles. The summed E-state index contributed by atoms with van der Waals surface area (Å²) in [6.07, 6.45) is 0. The molecule has 4 rings (SSSR count). The van der Waals surface area contributed by atoms with E-state index in [9.17, 15) is 19.5 Å². The van der Waals surface area contributed by atoms with E-state index in [4.69, 9.17) is 9.47 Å². The second kappa shape index (κ2) is 6.65. The maximum Gasteiger partial charge on any atom is 0.262 e. The van der Waals surface area contributed by atoms with Crippen molar-refractivity contribution in [3.05, 3.63) is 59.2 Å². The second-order valence-corrected chi connectivity index (χ2v) is 6.86. The van der Waals surface area contributed by atoms with Gasteiger partial charge in [-0.3, -0.25) is 19.3 Å². The molecule has 0 aliphatic carbocycles. The number of ether oxygens (including phenoxy) is 2. The van der Waals surface area contributed by atoms with Gasteiger partial charge in [0.05, 0.1) is 17.7 Å². The molecule has 2 heterocycles. The zero-order valence-electron chi connectivity index (χ0n) is 15.1. The standard InChI is InChI=1S/C20H18N2O6/c1-20(26,12-6-7-15-16(8-12)28-11-27-15)10-21-17(23)9-22-18(24)13-4-2-3-5-14(13)19(22)25/h2-8,26H,9-11H2,1H3,(H,21,23). The lowest BCUT2D eigenvalue weighted by molar-refractivity contribution is -0.122. The van der Waals surface area contributed by atoms with E-state index in [1.807, 2.05) is 0 Å². The van der Waals surface area contributed by atoms with Crippen LogP contribution in [-0.4, -0.2) is 47.6 Å². The van der Waals surface area contributed by atoms with E-state index in [1.54, 1.807) is 49.4 Å². The SMILES string of the molecule is CC(O)(CNC(=O)CN1C(=O)c2ccccc2C1=O)c1ccc2c(c1)OCO2. The summed E-state index contributed by atoms with van der Waals surface area (Å²) in [6, 6.07) is 11.5. The molecular weight excluding hydrogens is 364 g/mol. The van der Waals surface area contributed by atoms with Crippen LogP contribution in [0.15, 0.2) is 42.5 Å². The van der Waals surface area contributed by atoms with E-state index in [0.29, 0.717) is 17.1 Å². The van der Waals surface area contributed by atoms with Crippen LogP contribution in [0.4, 0.5) is 0 Å². The molecule has 2 aliphatic heterocycles. The fraction of sp³-hybridized carbons (Fsp3) is 0.250. The molecule has 2 N–H and O–H groups in total. The Hall–Kier alpha value is -3.39. The van der Waals surface area contributed by atoms with E-state index in [2.05, 4.69) is 5.32 Å². The number of carbonyl (C=O) groups is 3. The number of benzene rings is 2. The van der Waals surface area contributed by atoms with Crippen molar-refractivity contribution in [2.45, 2.75) is 12.5 Å². The molecule has 28 heavy (non-hydrogen) atoms. The van der Waals surface area contributed by atoms with Gasteiger partial charge in [-0.05, 0) is 36.8 Å². The van der Waals surface area contributed by atoms with Crippen molar-refractivity contribution in [3.63, 3.8) is 0 Å². The molecule has 0 aromatic heterocycles. The first-order valence-corrected chi connectivity index (χ1v) is 8.71. The molecular formula is C20H18N2O6. The van der Waals surface area contributed by atoms with Gasteiger partial charge in [0.25, 0.3) is 11.8 Å². The lowest BCUT2D eigenvalue weighted by Crippen LogP contribution is -2.44. The minimum atomic E-state index is -1.38. The number of carbonyl (C=O) groups excluding carboxylic acids is 3. The highest BCUT2D eigenvalue weighted by Gasteiger charge is 2.36. The van der Waals surface area contributed by atoms with Crippen LogP contribution >= 0.6 is 0 Å². The molecule has 8 nitrogen and oxygen atoms in total. The van der Waals surface area contributed by atoms with E-state index in [-0.39, 0.29) is 24.5 Å². The van der Waals surface area contributed by atoms with E-state index < -0.39 is 29.9 Å². The quantitative estimate of drug-likeness (QED) is 0.749.